The molecule has 5 heteroatoms. The number of hydrogen-bond donors (Lipinski definition) is 1. The molecular weight excluding hydrogens is 356 g/mol. The van der Waals surface area contributed by atoms with E-state index in [1.807, 2.05) is 25.2 Å². The Labute approximate surface area is 170 Å². The summed E-state index contributed by atoms with van der Waals surface area (Å²) in [6, 6.07) is 0. The van der Waals surface area contributed by atoms with E-state index in [4.69, 9.17) is 0 Å². The molecule has 0 aliphatic rings. The summed E-state index contributed by atoms with van der Waals surface area (Å²) in [5.74, 6) is -2.93. The van der Waals surface area contributed by atoms with Crippen LogP contribution in [-0.4, -0.2) is 23.9 Å². The molecule has 0 spiro atoms. The minimum absolute atomic E-state index is 0.212. The SMILES string of the molecule is C\C=C/N=C(CNC(/C=C/CCC)=C/N=C(\C)C(C)(F)F)/C(=C/CC)CCC. The third-order valence-corrected chi connectivity index (χ3v) is 3.97. The second-order valence-corrected chi connectivity index (χ2v) is 6.68. The van der Waals surface area contributed by atoms with Gasteiger partial charge in [0, 0.05) is 13.1 Å². The van der Waals surface area contributed by atoms with Gasteiger partial charge in [-0.15, -0.1) is 0 Å². The van der Waals surface area contributed by atoms with E-state index in [1.165, 1.54) is 18.7 Å². The molecule has 0 heterocycles. The van der Waals surface area contributed by atoms with Crippen molar-refractivity contribution in [1.82, 2.24) is 5.32 Å². The molecule has 0 unspecified atom stereocenters. The molecule has 0 saturated carbocycles. The number of nitrogens with zero attached hydrogens (tertiary/aromatic N) is 2. The molecular formula is C23H37F2N3. The molecule has 0 bridgehead atoms. The van der Waals surface area contributed by atoms with Crippen molar-refractivity contribution in [3.8, 4) is 0 Å². The minimum Gasteiger partial charge on any atom is -0.378 e. The Balaban J connectivity index is 5.60. The third-order valence-electron chi connectivity index (χ3n) is 3.97. The highest BCUT2D eigenvalue weighted by Crippen LogP contribution is 2.14. The average Bonchev–Trinajstić information content (AvgIpc) is 2.64. The first kappa shape index (κ1) is 26.0. The summed E-state index contributed by atoms with van der Waals surface area (Å²) in [7, 11) is 0. The molecule has 0 saturated heterocycles. The summed E-state index contributed by atoms with van der Waals surface area (Å²) < 4.78 is 26.7. The van der Waals surface area contributed by atoms with Gasteiger partial charge in [0.05, 0.1) is 29.9 Å². The number of allylic oxidation sites excluding steroid dienone is 4. The number of rotatable bonds is 13. The number of nitrogens with one attached hydrogen (secondary N) is 1. The zero-order valence-corrected chi connectivity index (χ0v) is 18.4. The fraction of sp³-hybridized carbons (Fsp3) is 0.565. The van der Waals surface area contributed by atoms with E-state index in [0.717, 1.165) is 44.7 Å². The largest absolute Gasteiger partial charge is 0.378 e. The van der Waals surface area contributed by atoms with Crippen molar-refractivity contribution in [3.05, 3.63) is 48.0 Å². The van der Waals surface area contributed by atoms with Crippen LogP contribution in [0.15, 0.2) is 58.0 Å². The van der Waals surface area contributed by atoms with Gasteiger partial charge in [-0.2, -0.15) is 0 Å². The van der Waals surface area contributed by atoms with Crippen molar-refractivity contribution in [2.75, 3.05) is 6.54 Å². The lowest BCUT2D eigenvalue weighted by Crippen LogP contribution is -2.24. The Morgan fingerprint density at radius 2 is 1.82 bits per heavy atom. The van der Waals surface area contributed by atoms with Crippen molar-refractivity contribution in [2.45, 2.75) is 79.6 Å². The predicted octanol–water partition coefficient (Wildman–Crippen LogP) is 7.00. The van der Waals surface area contributed by atoms with Crippen molar-refractivity contribution < 1.29 is 8.78 Å². The maximum Gasteiger partial charge on any atom is 0.282 e. The highest BCUT2D eigenvalue weighted by molar-refractivity contribution is 6.02. The second kappa shape index (κ2) is 14.9. The Bertz CT molecular complexity index is 618. The molecule has 28 heavy (non-hydrogen) atoms. The minimum atomic E-state index is -2.93. The van der Waals surface area contributed by atoms with E-state index in [2.05, 4.69) is 42.1 Å². The van der Waals surface area contributed by atoms with Crippen LogP contribution < -0.4 is 5.32 Å². The van der Waals surface area contributed by atoms with Crippen LogP contribution in [0.5, 0.6) is 0 Å². The molecule has 0 atom stereocenters. The normalized spacial score (nSPS) is 15.1. The third kappa shape index (κ3) is 11.6. The van der Waals surface area contributed by atoms with Crippen LogP contribution in [0.4, 0.5) is 8.78 Å². The van der Waals surface area contributed by atoms with Crippen LogP contribution >= 0.6 is 0 Å². The van der Waals surface area contributed by atoms with Gasteiger partial charge in [-0.3, -0.25) is 9.98 Å². The van der Waals surface area contributed by atoms with Gasteiger partial charge in [0.25, 0.3) is 5.92 Å². The molecule has 0 aromatic heterocycles. The summed E-state index contributed by atoms with van der Waals surface area (Å²) in [6.45, 7) is 11.0. The monoisotopic (exact) mass is 393 g/mol. The lowest BCUT2D eigenvalue weighted by Gasteiger charge is -2.13. The van der Waals surface area contributed by atoms with E-state index >= 15 is 0 Å². The number of unbranched alkanes of at least 4 members (excludes halogenated alkanes) is 1. The number of aliphatic imine (C=N–C) groups is 2. The summed E-state index contributed by atoms with van der Waals surface area (Å²) >= 11 is 0. The van der Waals surface area contributed by atoms with Crippen molar-refractivity contribution >= 4 is 11.4 Å². The van der Waals surface area contributed by atoms with Crippen molar-refractivity contribution in [2.24, 2.45) is 9.98 Å². The van der Waals surface area contributed by atoms with Crippen LogP contribution in [0, 0.1) is 0 Å². The van der Waals surface area contributed by atoms with Gasteiger partial charge < -0.3 is 5.32 Å². The van der Waals surface area contributed by atoms with Crippen molar-refractivity contribution in [3.63, 3.8) is 0 Å². The Morgan fingerprint density at radius 3 is 2.36 bits per heavy atom. The van der Waals surface area contributed by atoms with Gasteiger partial charge in [-0.05, 0) is 44.8 Å². The van der Waals surface area contributed by atoms with E-state index in [1.54, 1.807) is 6.20 Å². The maximum atomic E-state index is 13.4. The zero-order valence-electron chi connectivity index (χ0n) is 18.4. The lowest BCUT2D eigenvalue weighted by molar-refractivity contribution is 0.0998. The van der Waals surface area contributed by atoms with Crippen LogP contribution in [-0.2, 0) is 0 Å². The van der Waals surface area contributed by atoms with Crippen LogP contribution in [0.25, 0.3) is 0 Å². The smallest absolute Gasteiger partial charge is 0.282 e. The number of hydrogen-bond acceptors (Lipinski definition) is 3. The first-order chi connectivity index (χ1) is 13.3. The topological polar surface area (TPSA) is 36.8 Å². The summed E-state index contributed by atoms with van der Waals surface area (Å²) in [6.07, 6.45) is 16.1. The first-order valence-electron chi connectivity index (χ1n) is 10.2. The molecule has 0 aromatic carbocycles. The standard InChI is InChI=1S/C23H37F2N3/c1-7-11-12-15-21(17-27-19(5)23(6,24)25)28-18-22(26-16-10-4)20(13-8-2)14-9-3/h10,12-13,15-17,28H,7-9,11,14,18H2,1-6H3/b15-12+,16-10-,20-13+,21-17+,26-22+,27-19+. The van der Waals surface area contributed by atoms with Gasteiger partial charge >= 0.3 is 0 Å². The fourth-order valence-electron chi connectivity index (χ4n) is 2.28. The molecule has 0 radical (unpaired) electrons. The molecule has 0 fully saturated rings. The number of alkyl halides is 2. The van der Waals surface area contributed by atoms with Gasteiger partial charge in [0.1, 0.15) is 0 Å². The fourth-order valence-corrected chi connectivity index (χ4v) is 2.28. The highest BCUT2D eigenvalue weighted by Gasteiger charge is 2.24. The Morgan fingerprint density at radius 1 is 1.11 bits per heavy atom. The van der Waals surface area contributed by atoms with E-state index in [0.29, 0.717) is 12.2 Å². The quantitative estimate of drug-likeness (QED) is 0.265. The van der Waals surface area contributed by atoms with Gasteiger partial charge in [0.15, 0.2) is 0 Å². The highest BCUT2D eigenvalue weighted by atomic mass is 19.3. The van der Waals surface area contributed by atoms with Crippen molar-refractivity contribution in [1.29, 1.82) is 0 Å². The number of halogens is 2. The van der Waals surface area contributed by atoms with E-state index in [9.17, 15) is 8.78 Å². The lowest BCUT2D eigenvalue weighted by atomic mass is 10.0. The van der Waals surface area contributed by atoms with Gasteiger partial charge in [0.2, 0.25) is 0 Å². The van der Waals surface area contributed by atoms with Gasteiger partial charge in [-0.1, -0.05) is 51.8 Å². The maximum absolute atomic E-state index is 13.4. The average molecular weight is 394 g/mol. The Hall–Kier alpha value is -2.04. The second-order valence-electron chi connectivity index (χ2n) is 6.68. The van der Waals surface area contributed by atoms with Crippen LogP contribution in [0.3, 0.4) is 0 Å². The van der Waals surface area contributed by atoms with E-state index < -0.39 is 5.92 Å². The summed E-state index contributed by atoms with van der Waals surface area (Å²) in [5, 5.41) is 3.31. The van der Waals surface area contributed by atoms with Crippen LogP contribution in [0.2, 0.25) is 0 Å². The van der Waals surface area contributed by atoms with Crippen LogP contribution in [0.1, 0.15) is 73.6 Å². The first-order valence-corrected chi connectivity index (χ1v) is 10.2. The molecule has 3 nitrogen and oxygen atoms in total. The zero-order chi connectivity index (χ0) is 21.4. The molecule has 0 rings (SSSR count). The Kier molecular flexibility index (Phi) is 13.9. The molecule has 0 aliphatic carbocycles. The van der Waals surface area contributed by atoms with Gasteiger partial charge in [-0.25, -0.2) is 8.78 Å². The summed E-state index contributed by atoms with van der Waals surface area (Å²) in [5.41, 5.74) is 2.65. The molecule has 0 amide bonds. The molecule has 1 N–H and O–H groups in total. The van der Waals surface area contributed by atoms with E-state index in [-0.39, 0.29) is 5.71 Å². The molecule has 0 aliphatic heterocycles. The summed E-state index contributed by atoms with van der Waals surface area (Å²) in [4.78, 5) is 8.54. The molecule has 158 valence electrons. The molecule has 0 aromatic rings. The predicted molar refractivity (Wildman–Crippen MR) is 119 cm³/mol.